The van der Waals surface area contributed by atoms with E-state index in [-0.39, 0.29) is 11.5 Å². The maximum Gasteiger partial charge on any atom is 0.261 e. The lowest BCUT2D eigenvalue weighted by Gasteiger charge is -2.40. The second kappa shape index (κ2) is 7.38. The number of carbonyl (C=O) groups excluding carboxylic acids is 1. The third kappa shape index (κ3) is 3.45. The number of thiophene rings is 1. The largest absolute Gasteiger partial charge is 0.369 e. The predicted octanol–water partition coefficient (Wildman–Crippen LogP) is 2.95. The smallest absolute Gasteiger partial charge is 0.261 e. The summed E-state index contributed by atoms with van der Waals surface area (Å²) in [4.78, 5) is 20.5. The van der Waals surface area contributed by atoms with Gasteiger partial charge >= 0.3 is 0 Å². The quantitative estimate of drug-likeness (QED) is 0.841. The average Bonchev–Trinajstić information content (AvgIpc) is 3.21. The fourth-order valence-electron chi connectivity index (χ4n) is 3.75. The summed E-state index contributed by atoms with van der Waals surface area (Å²) in [6.45, 7) is 7.45. The van der Waals surface area contributed by atoms with Gasteiger partial charge in [-0.25, -0.2) is 4.98 Å². The van der Waals surface area contributed by atoms with Gasteiger partial charge in [-0.1, -0.05) is 0 Å². The van der Waals surface area contributed by atoms with Crippen molar-refractivity contribution in [2.45, 2.75) is 45.1 Å². The molecule has 1 spiro atoms. The standard InChI is InChI=1S/C19H25N3O2S2/c1-12-13(2)25-16(22-12)3-7-21-18(23)15-11-14-4-10-24-19(17(14)26-15)5-8-20-9-6-19/h11,20H,3-10H2,1-2H3,(H,21,23). The monoisotopic (exact) mass is 391 g/mol. The molecule has 0 radical (unpaired) electrons. The third-order valence-corrected chi connectivity index (χ3v) is 7.80. The molecule has 1 amide bonds. The Morgan fingerprint density at radius 3 is 2.88 bits per heavy atom. The number of nitrogens with zero attached hydrogens (tertiary/aromatic N) is 1. The second-order valence-corrected chi connectivity index (χ2v) is 9.40. The summed E-state index contributed by atoms with van der Waals surface area (Å²) in [7, 11) is 0. The van der Waals surface area contributed by atoms with E-state index in [4.69, 9.17) is 4.74 Å². The zero-order valence-electron chi connectivity index (χ0n) is 15.3. The minimum atomic E-state index is -0.169. The van der Waals surface area contributed by atoms with Gasteiger partial charge in [0.25, 0.3) is 5.91 Å². The summed E-state index contributed by atoms with van der Waals surface area (Å²) >= 11 is 3.34. The highest BCUT2D eigenvalue weighted by molar-refractivity contribution is 7.14. The first-order valence-electron chi connectivity index (χ1n) is 9.26. The molecule has 1 saturated heterocycles. The fraction of sp³-hybridized carbons (Fsp3) is 0.579. The number of hydrogen-bond donors (Lipinski definition) is 2. The van der Waals surface area contributed by atoms with E-state index in [9.17, 15) is 4.79 Å². The van der Waals surface area contributed by atoms with Crippen molar-refractivity contribution in [3.05, 3.63) is 37.0 Å². The van der Waals surface area contributed by atoms with Gasteiger partial charge in [0.15, 0.2) is 0 Å². The van der Waals surface area contributed by atoms with Crippen LogP contribution >= 0.6 is 22.7 Å². The Labute approximate surface area is 162 Å². The lowest BCUT2D eigenvalue weighted by atomic mass is 9.86. The molecular weight excluding hydrogens is 366 g/mol. The van der Waals surface area contributed by atoms with Gasteiger partial charge in [0.05, 0.1) is 22.2 Å². The zero-order chi connectivity index (χ0) is 18.1. The van der Waals surface area contributed by atoms with Crippen molar-refractivity contribution in [2.24, 2.45) is 0 Å². The molecule has 0 aromatic carbocycles. The molecule has 1 fully saturated rings. The first-order valence-corrected chi connectivity index (χ1v) is 10.9. The number of aromatic nitrogens is 1. The summed E-state index contributed by atoms with van der Waals surface area (Å²) in [6.07, 6.45) is 3.68. The van der Waals surface area contributed by atoms with Crippen LogP contribution in [-0.2, 0) is 23.2 Å². The Bertz CT molecular complexity index is 786. The first-order chi connectivity index (χ1) is 12.6. The van der Waals surface area contributed by atoms with Gasteiger partial charge in [0, 0.05) is 22.7 Å². The van der Waals surface area contributed by atoms with E-state index in [0.29, 0.717) is 6.54 Å². The van der Waals surface area contributed by atoms with Crippen LogP contribution in [-0.4, -0.2) is 37.1 Å². The van der Waals surface area contributed by atoms with Crippen LogP contribution in [0.5, 0.6) is 0 Å². The van der Waals surface area contributed by atoms with E-state index < -0.39 is 0 Å². The number of ether oxygens (including phenoxy) is 1. The van der Waals surface area contributed by atoms with Gasteiger partial charge in [-0.3, -0.25) is 4.79 Å². The lowest BCUT2D eigenvalue weighted by Crippen LogP contribution is -2.43. The van der Waals surface area contributed by atoms with E-state index in [2.05, 4.69) is 28.6 Å². The average molecular weight is 392 g/mol. The van der Waals surface area contributed by atoms with Crippen LogP contribution in [0.25, 0.3) is 0 Å². The molecule has 4 rings (SSSR count). The van der Waals surface area contributed by atoms with Crippen molar-refractivity contribution in [3.8, 4) is 0 Å². The number of amides is 1. The number of thiazole rings is 1. The number of rotatable bonds is 4. The van der Waals surface area contributed by atoms with Gasteiger partial charge in [0.1, 0.15) is 5.60 Å². The van der Waals surface area contributed by atoms with Gasteiger partial charge in [-0.05, 0) is 57.8 Å². The zero-order valence-corrected chi connectivity index (χ0v) is 16.9. The predicted molar refractivity (Wildman–Crippen MR) is 105 cm³/mol. The molecule has 0 saturated carbocycles. The number of nitrogens with one attached hydrogen (secondary N) is 2. The van der Waals surface area contributed by atoms with Crippen molar-refractivity contribution in [2.75, 3.05) is 26.2 Å². The van der Waals surface area contributed by atoms with E-state index >= 15 is 0 Å². The summed E-state index contributed by atoms with van der Waals surface area (Å²) in [5.41, 5.74) is 2.23. The SMILES string of the molecule is Cc1nc(CCNC(=O)c2cc3c(s2)C2(CCNCC2)OCC3)sc1C. The summed E-state index contributed by atoms with van der Waals surface area (Å²) < 4.78 is 6.21. The van der Waals surface area contributed by atoms with E-state index in [1.165, 1.54) is 15.3 Å². The van der Waals surface area contributed by atoms with E-state index in [0.717, 1.165) is 61.0 Å². The topological polar surface area (TPSA) is 63.2 Å². The maximum absolute atomic E-state index is 12.6. The van der Waals surface area contributed by atoms with Crippen LogP contribution in [0.4, 0.5) is 0 Å². The fourth-order valence-corrected chi connectivity index (χ4v) is 6.01. The molecule has 2 N–H and O–H groups in total. The highest BCUT2D eigenvalue weighted by atomic mass is 32.1. The van der Waals surface area contributed by atoms with Gasteiger partial charge < -0.3 is 15.4 Å². The molecule has 5 nitrogen and oxygen atoms in total. The van der Waals surface area contributed by atoms with Crippen molar-refractivity contribution >= 4 is 28.6 Å². The van der Waals surface area contributed by atoms with Crippen molar-refractivity contribution in [1.82, 2.24) is 15.6 Å². The number of piperidine rings is 1. The molecule has 26 heavy (non-hydrogen) atoms. The Morgan fingerprint density at radius 1 is 1.35 bits per heavy atom. The number of carbonyl (C=O) groups is 1. The van der Waals surface area contributed by atoms with Crippen molar-refractivity contribution in [1.29, 1.82) is 0 Å². The summed E-state index contributed by atoms with van der Waals surface area (Å²) in [6, 6.07) is 2.08. The molecule has 0 aliphatic carbocycles. The molecule has 0 atom stereocenters. The molecule has 4 heterocycles. The summed E-state index contributed by atoms with van der Waals surface area (Å²) in [5.74, 6) is 0.0264. The number of fused-ring (bicyclic) bond motifs is 2. The second-order valence-electron chi connectivity index (χ2n) is 7.06. The molecule has 2 aliphatic heterocycles. The normalized spacial score (nSPS) is 18.7. The Kier molecular flexibility index (Phi) is 5.14. The van der Waals surface area contributed by atoms with Crippen LogP contribution in [0.3, 0.4) is 0 Å². The van der Waals surface area contributed by atoms with Crippen molar-refractivity contribution < 1.29 is 9.53 Å². The molecule has 0 bridgehead atoms. The van der Waals surface area contributed by atoms with Crippen molar-refractivity contribution in [3.63, 3.8) is 0 Å². The number of aryl methyl sites for hydroxylation is 2. The van der Waals surface area contributed by atoms with Gasteiger partial charge in [-0.2, -0.15) is 0 Å². The molecule has 2 aromatic heterocycles. The molecular formula is C19H25N3O2S2. The minimum absolute atomic E-state index is 0.0264. The maximum atomic E-state index is 12.6. The van der Waals surface area contributed by atoms with Crippen LogP contribution in [0.15, 0.2) is 6.07 Å². The Hall–Kier alpha value is -1.28. The van der Waals surface area contributed by atoms with Crippen LogP contribution < -0.4 is 10.6 Å². The van der Waals surface area contributed by atoms with Crippen LogP contribution in [0.1, 0.15) is 48.5 Å². The Balaban J connectivity index is 1.42. The molecule has 7 heteroatoms. The van der Waals surface area contributed by atoms with Gasteiger partial charge in [-0.15, -0.1) is 22.7 Å². The van der Waals surface area contributed by atoms with E-state index in [1.807, 2.05) is 6.92 Å². The first kappa shape index (κ1) is 18.1. The van der Waals surface area contributed by atoms with Gasteiger partial charge in [0.2, 0.25) is 0 Å². The van der Waals surface area contributed by atoms with Crippen LogP contribution in [0.2, 0.25) is 0 Å². The molecule has 2 aromatic rings. The number of hydrogen-bond acceptors (Lipinski definition) is 6. The van der Waals surface area contributed by atoms with Crippen LogP contribution in [0, 0.1) is 13.8 Å². The summed E-state index contributed by atoms with van der Waals surface area (Å²) in [5, 5.41) is 7.56. The molecule has 0 unspecified atom stereocenters. The third-order valence-electron chi connectivity index (χ3n) is 5.30. The highest BCUT2D eigenvalue weighted by Gasteiger charge is 2.41. The molecule has 2 aliphatic rings. The Morgan fingerprint density at radius 2 is 2.15 bits per heavy atom. The lowest BCUT2D eigenvalue weighted by molar-refractivity contribution is -0.0771. The molecule has 140 valence electrons. The van der Waals surface area contributed by atoms with E-state index in [1.54, 1.807) is 22.7 Å². The minimum Gasteiger partial charge on any atom is -0.369 e. The highest BCUT2D eigenvalue weighted by Crippen LogP contribution is 2.44.